The first-order chi connectivity index (χ1) is 9.90. The van der Waals surface area contributed by atoms with Crippen LogP contribution >= 0.6 is 11.8 Å². The number of halogens is 3. The normalized spacial score (nSPS) is 22.5. The fourth-order valence-electron chi connectivity index (χ4n) is 1.98. The number of ether oxygens (including phenoxy) is 1. The highest BCUT2D eigenvalue weighted by atomic mass is 32.2. The minimum Gasteiger partial charge on any atom is -0.377 e. The van der Waals surface area contributed by atoms with E-state index in [4.69, 9.17) is 4.74 Å². The summed E-state index contributed by atoms with van der Waals surface area (Å²) in [5.41, 5.74) is 0. The van der Waals surface area contributed by atoms with Gasteiger partial charge in [-0.3, -0.25) is 0 Å². The summed E-state index contributed by atoms with van der Waals surface area (Å²) in [5.74, 6) is -0.883. The van der Waals surface area contributed by atoms with Gasteiger partial charge >= 0.3 is 6.18 Å². The van der Waals surface area contributed by atoms with E-state index in [1.165, 1.54) is 11.8 Å². The maximum absolute atomic E-state index is 12.9. The molecule has 4 nitrogen and oxygen atoms in total. The summed E-state index contributed by atoms with van der Waals surface area (Å²) in [6.45, 7) is 5.07. The molecule has 0 bridgehead atoms. The Morgan fingerprint density at radius 3 is 2.76 bits per heavy atom. The zero-order valence-corrected chi connectivity index (χ0v) is 12.7. The van der Waals surface area contributed by atoms with Gasteiger partial charge in [-0.25, -0.2) is 9.97 Å². The molecule has 1 saturated heterocycles. The monoisotopic (exact) mass is 321 g/mol. The van der Waals surface area contributed by atoms with Crippen LogP contribution in [0.3, 0.4) is 0 Å². The van der Waals surface area contributed by atoms with Crippen LogP contribution < -0.4 is 5.32 Å². The van der Waals surface area contributed by atoms with Crippen LogP contribution in [-0.4, -0.2) is 34.5 Å². The fourth-order valence-corrected chi connectivity index (χ4v) is 3.09. The van der Waals surface area contributed by atoms with Crippen LogP contribution in [0.25, 0.3) is 0 Å². The Kier molecular flexibility index (Phi) is 5.32. The Bertz CT molecular complexity index is 484. The molecule has 2 unspecified atom stereocenters. The number of nitrogens with one attached hydrogen (secondary N) is 1. The molecule has 1 aliphatic heterocycles. The molecule has 0 spiro atoms. The van der Waals surface area contributed by atoms with Gasteiger partial charge in [0, 0.05) is 24.5 Å². The molecule has 8 heteroatoms. The van der Waals surface area contributed by atoms with Gasteiger partial charge in [0.2, 0.25) is 5.82 Å². The Hall–Kier alpha value is -1.02. The van der Waals surface area contributed by atoms with E-state index in [1.807, 2.05) is 13.8 Å². The number of thioether (sulfide) groups is 1. The molecule has 21 heavy (non-hydrogen) atoms. The Morgan fingerprint density at radius 2 is 2.19 bits per heavy atom. The Labute approximate surface area is 125 Å². The van der Waals surface area contributed by atoms with Gasteiger partial charge in [-0.2, -0.15) is 13.2 Å². The molecule has 0 amide bonds. The SMILES string of the molecule is CCCNc1cc(SC2CCOC2C)nc(C(F)(F)F)n1. The number of nitrogens with zero attached hydrogens (tertiary/aromatic N) is 2. The molecule has 2 atom stereocenters. The topological polar surface area (TPSA) is 47.0 Å². The third-order valence-electron chi connectivity index (χ3n) is 3.09. The highest BCUT2D eigenvalue weighted by Crippen LogP contribution is 2.34. The van der Waals surface area contributed by atoms with Crippen molar-refractivity contribution in [2.24, 2.45) is 0 Å². The summed E-state index contributed by atoms with van der Waals surface area (Å²) in [6.07, 6.45) is -2.90. The van der Waals surface area contributed by atoms with Crippen LogP contribution in [0.2, 0.25) is 0 Å². The summed E-state index contributed by atoms with van der Waals surface area (Å²) in [5, 5.41) is 3.34. The second kappa shape index (κ2) is 6.83. The van der Waals surface area contributed by atoms with E-state index in [0.29, 0.717) is 18.2 Å². The molecule has 0 saturated carbocycles. The van der Waals surface area contributed by atoms with Crippen molar-refractivity contribution in [3.63, 3.8) is 0 Å². The van der Waals surface area contributed by atoms with Crippen LogP contribution in [0.5, 0.6) is 0 Å². The average Bonchev–Trinajstić information content (AvgIpc) is 2.81. The molecule has 0 radical (unpaired) electrons. The van der Waals surface area contributed by atoms with Crippen molar-refractivity contribution in [3.8, 4) is 0 Å². The first-order valence-corrected chi connectivity index (χ1v) is 7.76. The minimum absolute atomic E-state index is 0.0198. The van der Waals surface area contributed by atoms with Crippen LogP contribution in [-0.2, 0) is 10.9 Å². The molecule has 1 aliphatic rings. The highest BCUT2D eigenvalue weighted by molar-refractivity contribution is 7.99. The zero-order valence-electron chi connectivity index (χ0n) is 11.9. The number of anilines is 1. The predicted octanol–water partition coefficient (Wildman–Crippen LogP) is 3.59. The summed E-state index contributed by atoms with van der Waals surface area (Å²) in [6, 6.07) is 1.57. The van der Waals surface area contributed by atoms with Crippen molar-refractivity contribution >= 4 is 17.6 Å². The minimum atomic E-state index is -4.54. The van der Waals surface area contributed by atoms with E-state index >= 15 is 0 Å². The Balaban J connectivity index is 2.22. The van der Waals surface area contributed by atoms with Gasteiger partial charge in [0.25, 0.3) is 0 Å². The lowest BCUT2D eigenvalue weighted by Gasteiger charge is -2.15. The average molecular weight is 321 g/mol. The van der Waals surface area contributed by atoms with E-state index in [0.717, 1.165) is 12.8 Å². The molecule has 2 heterocycles. The van der Waals surface area contributed by atoms with Gasteiger partial charge in [0.1, 0.15) is 10.8 Å². The van der Waals surface area contributed by atoms with Gasteiger partial charge in [0.05, 0.1) is 6.10 Å². The maximum atomic E-state index is 12.9. The molecule has 1 aromatic rings. The van der Waals surface area contributed by atoms with Crippen LogP contribution in [0.15, 0.2) is 11.1 Å². The number of hydrogen-bond donors (Lipinski definition) is 1. The summed E-state index contributed by atoms with van der Waals surface area (Å²) in [4.78, 5) is 7.19. The van der Waals surface area contributed by atoms with E-state index in [2.05, 4.69) is 15.3 Å². The molecule has 0 aromatic carbocycles. The van der Waals surface area contributed by atoms with Crippen molar-refractivity contribution in [3.05, 3.63) is 11.9 Å². The van der Waals surface area contributed by atoms with Crippen molar-refractivity contribution < 1.29 is 17.9 Å². The van der Waals surface area contributed by atoms with Crippen LogP contribution in [0.1, 0.15) is 32.5 Å². The zero-order chi connectivity index (χ0) is 15.5. The van der Waals surface area contributed by atoms with Gasteiger partial charge < -0.3 is 10.1 Å². The van der Waals surface area contributed by atoms with Crippen molar-refractivity contribution in [1.29, 1.82) is 0 Å². The highest BCUT2D eigenvalue weighted by Gasteiger charge is 2.36. The third kappa shape index (κ3) is 4.47. The van der Waals surface area contributed by atoms with Crippen molar-refractivity contribution in [2.75, 3.05) is 18.5 Å². The van der Waals surface area contributed by atoms with E-state index < -0.39 is 12.0 Å². The van der Waals surface area contributed by atoms with Gasteiger partial charge in [0.15, 0.2) is 0 Å². The van der Waals surface area contributed by atoms with Gasteiger partial charge in [-0.1, -0.05) is 6.92 Å². The quantitative estimate of drug-likeness (QED) is 0.840. The maximum Gasteiger partial charge on any atom is 0.451 e. The summed E-state index contributed by atoms with van der Waals surface area (Å²) in [7, 11) is 0. The molecular weight excluding hydrogens is 303 g/mol. The first-order valence-electron chi connectivity index (χ1n) is 6.88. The molecule has 0 aliphatic carbocycles. The van der Waals surface area contributed by atoms with Crippen molar-refractivity contribution in [1.82, 2.24) is 9.97 Å². The van der Waals surface area contributed by atoms with E-state index in [9.17, 15) is 13.2 Å². The second-order valence-electron chi connectivity index (χ2n) is 4.86. The first kappa shape index (κ1) is 16.4. The third-order valence-corrected chi connectivity index (χ3v) is 4.46. The number of alkyl halides is 3. The van der Waals surface area contributed by atoms with Crippen LogP contribution in [0, 0.1) is 0 Å². The standard InChI is InChI=1S/C13H18F3N3OS/c1-3-5-17-10-7-11(19-12(18-10)13(14,15)16)21-9-4-6-20-8(9)2/h7-9H,3-6H2,1-2H3,(H,17,18,19). The van der Waals surface area contributed by atoms with Gasteiger partial charge in [-0.15, -0.1) is 11.8 Å². The predicted molar refractivity (Wildman–Crippen MR) is 75.5 cm³/mol. The lowest BCUT2D eigenvalue weighted by molar-refractivity contribution is -0.145. The summed E-state index contributed by atoms with van der Waals surface area (Å²) >= 11 is 1.32. The van der Waals surface area contributed by atoms with Crippen molar-refractivity contribution in [2.45, 2.75) is 49.2 Å². The second-order valence-corrected chi connectivity index (χ2v) is 6.12. The van der Waals surface area contributed by atoms with E-state index in [-0.39, 0.29) is 17.2 Å². The molecule has 1 fully saturated rings. The number of aromatic nitrogens is 2. The number of hydrogen-bond acceptors (Lipinski definition) is 5. The van der Waals surface area contributed by atoms with Crippen LogP contribution in [0.4, 0.5) is 19.0 Å². The molecule has 1 aromatic heterocycles. The fraction of sp³-hybridized carbons (Fsp3) is 0.692. The Morgan fingerprint density at radius 1 is 1.43 bits per heavy atom. The molecule has 118 valence electrons. The largest absolute Gasteiger partial charge is 0.451 e. The smallest absolute Gasteiger partial charge is 0.377 e. The van der Waals surface area contributed by atoms with Gasteiger partial charge in [-0.05, 0) is 19.8 Å². The van der Waals surface area contributed by atoms with E-state index in [1.54, 1.807) is 6.07 Å². The molecular formula is C13H18F3N3OS. The molecule has 2 rings (SSSR count). The lowest BCUT2D eigenvalue weighted by Crippen LogP contribution is -2.16. The summed E-state index contributed by atoms with van der Waals surface area (Å²) < 4.78 is 44.0. The molecule has 1 N–H and O–H groups in total. The lowest BCUT2D eigenvalue weighted by atomic mass is 10.3. The number of rotatable bonds is 5.